The standard InChI is InChI=1S/C13H9F5N2O/c14-7-5-10(15)12(19)11(6-7)20-8-1-3-9(4-2-8)21-13(16,17)18/h1-6,20H,19H2. The summed E-state index contributed by atoms with van der Waals surface area (Å²) in [5.41, 5.74) is 5.40. The number of ether oxygens (including phenoxy) is 1. The van der Waals surface area contributed by atoms with Crippen molar-refractivity contribution in [2.75, 3.05) is 11.1 Å². The molecule has 21 heavy (non-hydrogen) atoms. The van der Waals surface area contributed by atoms with E-state index in [9.17, 15) is 22.0 Å². The fraction of sp³-hybridized carbons (Fsp3) is 0.0769. The van der Waals surface area contributed by atoms with E-state index in [1.165, 1.54) is 12.1 Å². The average Bonchev–Trinajstić information content (AvgIpc) is 2.36. The molecular formula is C13H9F5N2O. The zero-order valence-electron chi connectivity index (χ0n) is 10.3. The van der Waals surface area contributed by atoms with E-state index in [0.717, 1.165) is 18.2 Å². The number of nitrogens with one attached hydrogen (secondary N) is 1. The number of hydrogen-bond donors (Lipinski definition) is 2. The highest BCUT2D eigenvalue weighted by Gasteiger charge is 2.30. The molecule has 2 rings (SSSR count). The maximum atomic E-state index is 13.2. The predicted molar refractivity (Wildman–Crippen MR) is 67.2 cm³/mol. The second-order valence-corrected chi connectivity index (χ2v) is 4.05. The molecule has 0 fully saturated rings. The Balaban J connectivity index is 2.18. The molecule has 0 saturated carbocycles. The van der Waals surface area contributed by atoms with E-state index >= 15 is 0 Å². The van der Waals surface area contributed by atoms with Crippen LogP contribution in [0.25, 0.3) is 0 Å². The van der Waals surface area contributed by atoms with Crippen LogP contribution in [0, 0.1) is 11.6 Å². The van der Waals surface area contributed by atoms with Gasteiger partial charge in [0.2, 0.25) is 0 Å². The number of halogens is 5. The summed E-state index contributed by atoms with van der Waals surface area (Å²) in [4.78, 5) is 0. The molecule has 0 atom stereocenters. The van der Waals surface area contributed by atoms with Crippen LogP contribution in [0.3, 0.4) is 0 Å². The lowest BCUT2D eigenvalue weighted by molar-refractivity contribution is -0.274. The van der Waals surface area contributed by atoms with Gasteiger partial charge >= 0.3 is 6.36 Å². The Hall–Kier alpha value is -2.51. The van der Waals surface area contributed by atoms with Crippen LogP contribution in [0.15, 0.2) is 36.4 Å². The summed E-state index contributed by atoms with van der Waals surface area (Å²) in [5.74, 6) is -2.18. The van der Waals surface area contributed by atoms with Crippen molar-refractivity contribution >= 4 is 17.1 Å². The van der Waals surface area contributed by atoms with E-state index in [2.05, 4.69) is 10.1 Å². The maximum Gasteiger partial charge on any atom is 0.573 e. The van der Waals surface area contributed by atoms with Gasteiger partial charge in [0.1, 0.15) is 11.6 Å². The normalized spacial score (nSPS) is 11.3. The van der Waals surface area contributed by atoms with E-state index in [1.807, 2.05) is 0 Å². The van der Waals surface area contributed by atoms with Gasteiger partial charge in [-0.05, 0) is 30.3 Å². The molecule has 3 nitrogen and oxygen atoms in total. The molecule has 0 amide bonds. The molecule has 0 saturated heterocycles. The molecule has 0 radical (unpaired) electrons. The third kappa shape index (κ3) is 3.98. The summed E-state index contributed by atoms with van der Waals surface area (Å²) in [6, 6.07) is 6.22. The molecular weight excluding hydrogens is 295 g/mol. The molecule has 0 spiro atoms. The highest BCUT2D eigenvalue weighted by molar-refractivity contribution is 5.73. The van der Waals surface area contributed by atoms with Gasteiger partial charge in [-0.1, -0.05) is 0 Å². The molecule has 0 bridgehead atoms. The summed E-state index contributed by atoms with van der Waals surface area (Å²) in [6.45, 7) is 0. The molecule has 112 valence electrons. The van der Waals surface area contributed by atoms with Crippen molar-refractivity contribution in [1.82, 2.24) is 0 Å². The Kier molecular flexibility index (Phi) is 3.88. The topological polar surface area (TPSA) is 47.3 Å². The predicted octanol–water partition coefficient (Wildman–Crippen LogP) is 4.19. The first-order valence-electron chi connectivity index (χ1n) is 5.62. The van der Waals surface area contributed by atoms with Crippen LogP contribution in [-0.4, -0.2) is 6.36 Å². The zero-order chi connectivity index (χ0) is 15.6. The van der Waals surface area contributed by atoms with Crippen molar-refractivity contribution in [1.29, 1.82) is 0 Å². The summed E-state index contributed by atoms with van der Waals surface area (Å²) in [7, 11) is 0. The van der Waals surface area contributed by atoms with Crippen molar-refractivity contribution in [3.63, 3.8) is 0 Å². The van der Waals surface area contributed by atoms with Gasteiger partial charge in [-0.15, -0.1) is 13.2 Å². The first-order valence-corrected chi connectivity index (χ1v) is 5.62. The van der Waals surface area contributed by atoms with Crippen LogP contribution in [0.1, 0.15) is 0 Å². The SMILES string of the molecule is Nc1c(F)cc(F)cc1Nc1ccc(OC(F)(F)F)cc1. The van der Waals surface area contributed by atoms with Crippen molar-refractivity contribution in [2.45, 2.75) is 6.36 Å². The second kappa shape index (κ2) is 5.47. The van der Waals surface area contributed by atoms with Gasteiger partial charge in [-0.25, -0.2) is 8.78 Å². The first kappa shape index (κ1) is 14.9. The van der Waals surface area contributed by atoms with Crippen LogP contribution in [-0.2, 0) is 0 Å². The Morgan fingerprint density at radius 1 is 1.00 bits per heavy atom. The fourth-order valence-electron chi connectivity index (χ4n) is 1.58. The second-order valence-electron chi connectivity index (χ2n) is 4.05. The van der Waals surface area contributed by atoms with Crippen molar-refractivity contribution < 1.29 is 26.7 Å². The van der Waals surface area contributed by atoms with Crippen LogP contribution >= 0.6 is 0 Å². The molecule has 3 N–H and O–H groups in total. The summed E-state index contributed by atoms with van der Waals surface area (Å²) in [6.07, 6.45) is -4.79. The zero-order valence-corrected chi connectivity index (χ0v) is 10.3. The van der Waals surface area contributed by atoms with Crippen molar-refractivity contribution in [2.24, 2.45) is 0 Å². The quantitative estimate of drug-likeness (QED) is 0.660. The lowest BCUT2D eigenvalue weighted by atomic mass is 10.2. The minimum absolute atomic E-state index is 0.0306. The molecule has 0 aliphatic carbocycles. The monoisotopic (exact) mass is 304 g/mol. The smallest absolute Gasteiger partial charge is 0.406 e. The molecule has 0 unspecified atom stereocenters. The largest absolute Gasteiger partial charge is 0.573 e. The van der Waals surface area contributed by atoms with E-state index in [4.69, 9.17) is 5.73 Å². The third-order valence-electron chi connectivity index (χ3n) is 2.46. The minimum Gasteiger partial charge on any atom is -0.406 e. The van der Waals surface area contributed by atoms with E-state index in [-0.39, 0.29) is 11.4 Å². The number of rotatable bonds is 3. The summed E-state index contributed by atoms with van der Waals surface area (Å²) < 4.78 is 66.0. The molecule has 0 aromatic heterocycles. The highest BCUT2D eigenvalue weighted by atomic mass is 19.4. The summed E-state index contributed by atoms with van der Waals surface area (Å²) in [5, 5.41) is 2.60. The average molecular weight is 304 g/mol. The maximum absolute atomic E-state index is 13.2. The van der Waals surface area contributed by atoms with Crippen LogP contribution in [0.4, 0.5) is 39.0 Å². The molecule has 0 heterocycles. The van der Waals surface area contributed by atoms with Gasteiger partial charge < -0.3 is 15.8 Å². The Labute approximate surface area is 116 Å². The van der Waals surface area contributed by atoms with E-state index in [0.29, 0.717) is 11.8 Å². The Bertz CT molecular complexity index is 640. The molecule has 0 aliphatic rings. The van der Waals surface area contributed by atoms with Gasteiger partial charge in [-0.2, -0.15) is 0 Å². The van der Waals surface area contributed by atoms with E-state index < -0.39 is 23.7 Å². The first-order chi connectivity index (χ1) is 9.74. The Morgan fingerprint density at radius 2 is 1.62 bits per heavy atom. The number of anilines is 3. The fourth-order valence-corrected chi connectivity index (χ4v) is 1.58. The lowest BCUT2D eigenvalue weighted by Crippen LogP contribution is -2.16. The van der Waals surface area contributed by atoms with Crippen molar-refractivity contribution in [3.05, 3.63) is 48.0 Å². The lowest BCUT2D eigenvalue weighted by Gasteiger charge is -2.12. The van der Waals surface area contributed by atoms with Gasteiger partial charge in [0.15, 0.2) is 5.82 Å². The van der Waals surface area contributed by atoms with Crippen molar-refractivity contribution in [3.8, 4) is 5.75 Å². The van der Waals surface area contributed by atoms with Gasteiger partial charge in [0.25, 0.3) is 0 Å². The van der Waals surface area contributed by atoms with Gasteiger partial charge in [0, 0.05) is 11.8 Å². The minimum atomic E-state index is -4.79. The molecule has 2 aromatic carbocycles. The summed E-state index contributed by atoms with van der Waals surface area (Å²) >= 11 is 0. The molecule has 0 aliphatic heterocycles. The number of benzene rings is 2. The van der Waals surface area contributed by atoms with Crippen LogP contribution < -0.4 is 15.8 Å². The van der Waals surface area contributed by atoms with Crippen LogP contribution in [0.5, 0.6) is 5.75 Å². The molecule has 2 aromatic rings. The Morgan fingerprint density at radius 3 is 2.19 bits per heavy atom. The molecule has 8 heteroatoms. The van der Waals surface area contributed by atoms with Crippen LogP contribution in [0.2, 0.25) is 0 Å². The third-order valence-corrected chi connectivity index (χ3v) is 2.46. The van der Waals surface area contributed by atoms with Gasteiger partial charge in [0.05, 0.1) is 11.4 Å². The number of nitrogen functional groups attached to an aromatic ring is 1. The highest BCUT2D eigenvalue weighted by Crippen LogP contribution is 2.29. The van der Waals surface area contributed by atoms with E-state index in [1.54, 1.807) is 0 Å². The number of alkyl halides is 3. The number of hydrogen-bond acceptors (Lipinski definition) is 3. The number of nitrogens with two attached hydrogens (primary N) is 1. The van der Waals surface area contributed by atoms with Gasteiger partial charge in [-0.3, -0.25) is 0 Å².